The van der Waals surface area contributed by atoms with E-state index in [0.29, 0.717) is 46.7 Å². The summed E-state index contributed by atoms with van der Waals surface area (Å²) in [7, 11) is 3.68. The first-order valence-electron chi connectivity index (χ1n) is 14.4. The molecule has 4 aromatic heterocycles. The molecule has 5 rings (SSSR count). The molecule has 46 heavy (non-hydrogen) atoms. The fraction of sp³-hybridized carbons (Fsp3) is 0.212. The average Bonchev–Trinajstić information content (AvgIpc) is 3.43. The van der Waals surface area contributed by atoms with Gasteiger partial charge in [-0.3, -0.25) is 9.78 Å². The summed E-state index contributed by atoms with van der Waals surface area (Å²) in [6, 6.07) is 14.4. The summed E-state index contributed by atoms with van der Waals surface area (Å²) in [6.07, 6.45) is 4.02. The minimum absolute atomic E-state index is 0.0980. The zero-order chi connectivity index (χ0) is 32.8. The number of benzene rings is 1. The van der Waals surface area contributed by atoms with Gasteiger partial charge in [0.15, 0.2) is 0 Å². The van der Waals surface area contributed by atoms with E-state index in [2.05, 4.69) is 25.6 Å². The molecule has 0 unspecified atom stereocenters. The third-order valence-electron chi connectivity index (χ3n) is 6.80. The molecule has 0 aliphatic carbocycles. The average molecular weight is 642 g/mol. The summed E-state index contributed by atoms with van der Waals surface area (Å²) in [4.78, 5) is 44.7. The normalized spacial score (nSPS) is 11.0. The maximum absolute atomic E-state index is 14.3. The van der Waals surface area contributed by atoms with Crippen LogP contribution in [0.5, 0.6) is 10.8 Å². The van der Waals surface area contributed by atoms with Gasteiger partial charge < -0.3 is 25.4 Å². The van der Waals surface area contributed by atoms with E-state index in [4.69, 9.17) is 9.72 Å². The van der Waals surface area contributed by atoms with E-state index in [9.17, 15) is 19.1 Å². The lowest BCUT2D eigenvalue weighted by Crippen LogP contribution is -2.20. The number of likely N-dealkylation sites (N-methyl/N-ethyl adjacent to an activating group) is 1. The topological polar surface area (TPSA) is 142 Å². The number of rotatable bonds is 12. The third-order valence-corrected chi connectivity index (χ3v) is 7.88. The summed E-state index contributed by atoms with van der Waals surface area (Å²) in [5, 5.41) is 16.9. The second-order valence-electron chi connectivity index (χ2n) is 10.6. The SMILES string of the molecule is CCc1nc(-c2cccc(C)n2)c(Oc2ccnc(Nc3ccc(C(=O)Nc4cc(F)cc(C(=O)O)c4CCN(C)C)cn3)c2)s1. The fourth-order valence-corrected chi connectivity index (χ4v) is 5.41. The zero-order valence-electron chi connectivity index (χ0n) is 25.7. The number of aromatic nitrogens is 4. The number of hydrogen-bond acceptors (Lipinski definition) is 10. The molecule has 0 aliphatic rings. The maximum Gasteiger partial charge on any atom is 0.336 e. The van der Waals surface area contributed by atoms with Crippen molar-refractivity contribution >= 4 is 40.5 Å². The molecule has 0 saturated carbocycles. The Hall–Kier alpha value is -5.27. The number of carboxylic acid groups (broad SMARTS) is 1. The van der Waals surface area contributed by atoms with Gasteiger partial charge in [-0.1, -0.05) is 24.3 Å². The van der Waals surface area contributed by atoms with Crippen molar-refractivity contribution in [2.45, 2.75) is 26.7 Å². The Balaban J connectivity index is 1.30. The van der Waals surface area contributed by atoms with Gasteiger partial charge in [0, 0.05) is 36.4 Å². The van der Waals surface area contributed by atoms with Crippen molar-refractivity contribution < 1.29 is 23.8 Å². The minimum atomic E-state index is -1.27. The lowest BCUT2D eigenvalue weighted by atomic mass is 10.0. The molecule has 236 valence electrons. The van der Waals surface area contributed by atoms with Gasteiger partial charge in [0.05, 0.1) is 21.8 Å². The fourth-order valence-electron chi connectivity index (χ4n) is 4.53. The molecule has 0 spiro atoms. The molecule has 13 heteroatoms. The molecule has 0 fully saturated rings. The molecule has 3 N–H and O–H groups in total. The molecule has 0 radical (unpaired) electrons. The Morgan fingerprint density at radius 3 is 2.57 bits per heavy atom. The molecule has 1 aromatic carbocycles. The van der Waals surface area contributed by atoms with E-state index < -0.39 is 17.7 Å². The van der Waals surface area contributed by atoms with Crippen molar-refractivity contribution in [1.82, 2.24) is 24.8 Å². The molecular formula is C33H32FN7O4S. The highest BCUT2D eigenvalue weighted by Gasteiger charge is 2.20. The number of carboxylic acids is 1. The van der Waals surface area contributed by atoms with Crippen LogP contribution in [0.4, 0.5) is 21.7 Å². The van der Waals surface area contributed by atoms with E-state index in [1.165, 1.54) is 17.5 Å². The van der Waals surface area contributed by atoms with Crippen molar-refractivity contribution in [2.75, 3.05) is 31.3 Å². The molecule has 0 bridgehead atoms. The standard InChI is InChI=1S/C33H32FN7O4S/c1-5-29-40-30(25-8-6-7-19(2)37-25)33(46-29)45-22-11-13-35-28(17-22)39-27-10-9-20(18-36-27)31(42)38-26-16-21(34)15-24(32(43)44)23(26)12-14-41(3)4/h6-11,13,15-18H,5,12,14H2,1-4H3,(H,38,42)(H,43,44)(H,35,36,39). The van der Waals surface area contributed by atoms with Crippen molar-refractivity contribution in [2.24, 2.45) is 0 Å². The minimum Gasteiger partial charge on any atom is -0.478 e. The predicted molar refractivity (Wildman–Crippen MR) is 175 cm³/mol. The van der Waals surface area contributed by atoms with Crippen LogP contribution >= 0.6 is 11.3 Å². The molecule has 0 atom stereocenters. The van der Waals surface area contributed by atoms with Crippen LogP contribution in [0.2, 0.25) is 0 Å². The summed E-state index contributed by atoms with van der Waals surface area (Å²) in [6.45, 7) is 4.47. The Morgan fingerprint density at radius 1 is 1.04 bits per heavy atom. The van der Waals surface area contributed by atoms with Crippen molar-refractivity contribution in [3.63, 3.8) is 0 Å². The summed E-state index contributed by atoms with van der Waals surface area (Å²) in [5.41, 5.74) is 2.72. The van der Waals surface area contributed by atoms with E-state index in [0.717, 1.165) is 34.9 Å². The van der Waals surface area contributed by atoms with Crippen molar-refractivity contribution in [3.8, 4) is 22.2 Å². The molecule has 1 amide bonds. The van der Waals surface area contributed by atoms with Crippen LogP contribution in [0.3, 0.4) is 0 Å². The highest BCUT2D eigenvalue weighted by molar-refractivity contribution is 7.14. The van der Waals surface area contributed by atoms with Gasteiger partial charge in [0.25, 0.3) is 5.91 Å². The van der Waals surface area contributed by atoms with Gasteiger partial charge >= 0.3 is 5.97 Å². The Kier molecular flexibility index (Phi) is 9.94. The van der Waals surface area contributed by atoms with Crippen LogP contribution < -0.4 is 15.4 Å². The summed E-state index contributed by atoms with van der Waals surface area (Å²) in [5.74, 6) is -1.18. The Bertz CT molecular complexity index is 1880. The predicted octanol–water partition coefficient (Wildman–Crippen LogP) is 6.60. The number of ether oxygens (including phenoxy) is 1. The van der Waals surface area contributed by atoms with E-state index in [-0.39, 0.29) is 16.8 Å². The van der Waals surface area contributed by atoms with Gasteiger partial charge in [0.1, 0.15) is 28.9 Å². The Labute approximate surface area is 269 Å². The Morgan fingerprint density at radius 2 is 1.87 bits per heavy atom. The lowest BCUT2D eigenvalue weighted by Gasteiger charge is -2.16. The summed E-state index contributed by atoms with van der Waals surface area (Å²) < 4.78 is 20.5. The van der Waals surface area contributed by atoms with Crippen LogP contribution in [0.15, 0.2) is 67.0 Å². The number of aryl methyl sites for hydroxylation is 2. The van der Waals surface area contributed by atoms with Crippen molar-refractivity contribution in [1.29, 1.82) is 0 Å². The first kappa shape index (κ1) is 32.1. The second kappa shape index (κ2) is 14.2. The molecule has 5 aromatic rings. The molecule has 11 nitrogen and oxygen atoms in total. The van der Waals surface area contributed by atoms with Gasteiger partial charge in [-0.25, -0.2) is 24.1 Å². The number of carbonyl (C=O) groups is 2. The number of anilines is 3. The quantitative estimate of drug-likeness (QED) is 0.136. The number of halogens is 1. The van der Waals surface area contributed by atoms with Gasteiger partial charge in [0.2, 0.25) is 5.06 Å². The smallest absolute Gasteiger partial charge is 0.336 e. The zero-order valence-corrected chi connectivity index (χ0v) is 26.5. The van der Waals surface area contributed by atoms with Gasteiger partial charge in [-0.2, -0.15) is 0 Å². The van der Waals surface area contributed by atoms with Gasteiger partial charge in [-0.05, 0) is 81.9 Å². The molecule has 0 saturated heterocycles. The molecule has 0 aliphatic heterocycles. The number of carbonyl (C=O) groups excluding carboxylic acids is 1. The van der Waals surface area contributed by atoms with E-state index in [1.807, 2.05) is 51.0 Å². The number of nitrogens with zero attached hydrogens (tertiary/aromatic N) is 5. The van der Waals surface area contributed by atoms with Crippen LogP contribution in [0.1, 0.15) is 43.9 Å². The molecule has 4 heterocycles. The van der Waals surface area contributed by atoms with Crippen LogP contribution in [-0.2, 0) is 12.8 Å². The number of nitrogens with one attached hydrogen (secondary N) is 2. The number of aromatic carboxylic acids is 1. The van der Waals surface area contributed by atoms with E-state index >= 15 is 0 Å². The highest BCUT2D eigenvalue weighted by Crippen LogP contribution is 2.38. The monoisotopic (exact) mass is 641 g/mol. The highest BCUT2D eigenvalue weighted by atomic mass is 32.1. The van der Waals surface area contributed by atoms with Gasteiger partial charge in [-0.15, -0.1) is 0 Å². The van der Waals surface area contributed by atoms with Crippen LogP contribution in [0, 0.1) is 12.7 Å². The molecular weight excluding hydrogens is 609 g/mol. The third kappa shape index (κ3) is 7.86. The second-order valence-corrected chi connectivity index (χ2v) is 11.6. The number of pyridine rings is 3. The number of hydrogen-bond donors (Lipinski definition) is 3. The maximum atomic E-state index is 14.3. The first-order valence-corrected chi connectivity index (χ1v) is 15.2. The van der Waals surface area contributed by atoms with E-state index in [1.54, 1.807) is 30.5 Å². The first-order chi connectivity index (χ1) is 22.1. The summed E-state index contributed by atoms with van der Waals surface area (Å²) >= 11 is 1.46. The number of amides is 1. The van der Waals surface area contributed by atoms with Crippen molar-refractivity contribution in [3.05, 3.63) is 100 Å². The largest absolute Gasteiger partial charge is 0.478 e. The lowest BCUT2D eigenvalue weighted by molar-refractivity contribution is 0.0694. The van der Waals surface area contributed by atoms with Crippen LogP contribution in [0.25, 0.3) is 11.4 Å². The number of thiazole rings is 1. The van der Waals surface area contributed by atoms with Crippen LogP contribution in [-0.4, -0.2) is 62.5 Å².